The molecule has 1 rings (SSSR count). The van der Waals surface area contributed by atoms with Crippen molar-refractivity contribution in [3.63, 3.8) is 0 Å². The summed E-state index contributed by atoms with van der Waals surface area (Å²) in [4.78, 5) is 0. The first-order chi connectivity index (χ1) is 6.67. The summed E-state index contributed by atoms with van der Waals surface area (Å²) < 4.78 is 0. The predicted octanol–water partition coefficient (Wildman–Crippen LogP) is 3.53. The van der Waals surface area contributed by atoms with Crippen LogP contribution in [0, 0.1) is 0 Å². The zero-order valence-electron chi connectivity index (χ0n) is 8.48. The summed E-state index contributed by atoms with van der Waals surface area (Å²) >= 11 is 11.9. The monoisotopic (exact) mass is 231 g/mol. The molecule has 0 radical (unpaired) electrons. The summed E-state index contributed by atoms with van der Waals surface area (Å²) in [6.07, 6.45) is 2.04. The fraction of sp³-hybridized carbons (Fsp3) is 0.455. The Morgan fingerprint density at radius 3 is 2.57 bits per heavy atom. The first kappa shape index (κ1) is 11.8. The lowest BCUT2D eigenvalue weighted by molar-refractivity contribution is 0.543. The number of benzene rings is 1. The molecular weight excluding hydrogens is 217 g/mol. The van der Waals surface area contributed by atoms with E-state index >= 15 is 0 Å². The number of hydrogen-bond donors (Lipinski definition) is 1. The summed E-state index contributed by atoms with van der Waals surface area (Å²) in [6.45, 7) is 2.16. The first-order valence-corrected chi connectivity index (χ1v) is 5.54. The minimum Gasteiger partial charge on any atom is -0.317 e. The highest BCUT2D eigenvalue weighted by atomic mass is 35.5. The van der Waals surface area contributed by atoms with Crippen LogP contribution in [0.25, 0.3) is 0 Å². The molecule has 0 aliphatic heterocycles. The lowest BCUT2D eigenvalue weighted by Crippen LogP contribution is -2.26. The lowest BCUT2D eigenvalue weighted by Gasteiger charge is -2.14. The van der Waals surface area contributed by atoms with E-state index in [0.29, 0.717) is 11.1 Å². The summed E-state index contributed by atoms with van der Waals surface area (Å²) in [5.74, 6) is 0. The van der Waals surface area contributed by atoms with Gasteiger partial charge in [0.25, 0.3) is 0 Å². The van der Waals surface area contributed by atoms with Crippen LogP contribution in [0.4, 0.5) is 0 Å². The lowest BCUT2D eigenvalue weighted by atomic mass is 10.0. The molecule has 0 aliphatic carbocycles. The average Bonchev–Trinajstić information content (AvgIpc) is 2.17. The quantitative estimate of drug-likeness (QED) is 0.837. The molecule has 0 amide bonds. The van der Waals surface area contributed by atoms with Crippen LogP contribution >= 0.6 is 23.2 Å². The van der Waals surface area contributed by atoms with E-state index in [2.05, 4.69) is 12.2 Å². The number of nitrogens with one attached hydrogen (secondary N) is 1. The van der Waals surface area contributed by atoms with Crippen molar-refractivity contribution < 1.29 is 0 Å². The van der Waals surface area contributed by atoms with Gasteiger partial charge in [0, 0.05) is 16.1 Å². The molecule has 78 valence electrons. The Hall–Kier alpha value is -0.240. The third kappa shape index (κ3) is 3.16. The predicted molar refractivity (Wildman–Crippen MR) is 63.3 cm³/mol. The molecule has 0 spiro atoms. The second kappa shape index (κ2) is 5.59. The van der Waals surface area contributed by atoms with Gasteiger partial charge in [0.15, 0.2) is 0 Å². The van der Waals surface area contributed by atoms with Gasteiger partial charge in [-0.1, -0.05) is 36.2 Å². The van der Waals surface area contributed by atoms with Gasteiger partial charge in [0.1, 0.15) is 0 Å². The standard InChI is InChI=1S/C11H15Cl2N/c1-3-10(14-2)6-8-4-5-9(12)7-11(8)13/h4-5,7,10,14H,3,6H2,1-2H3. The van der Waals surface area contributed by atoms with E-state index in [1.807, 2.05) is 19.2 Å². The maximum Gasteiger partial charge on any atom is 0.0453 e. The Bertz CT molecular complexity index is 295. The van der Waals surface area contributed by atoms with Crippen LogP contribution in [0.1, 0.15) is 18.9 Å². The van der Waals surface area contributed by atoms with Gasteiger partial charge in [-0.25, -0.2) is 0 Å². The maximum atomic E-state index is 6.08. The van der Waals surface area contributed by atoms with Crippen molar-refractivity contribution in [1.29, 1.82) is 0 Å². The number of likely N-dealkylation sites (N-methyl/N-ethyl adjacent to an activating group) is 1. The number of hydrogen-bond acceptors (Lipinski definition) is 1. The fourth-order valence-corrected chi connectivity index (χ4v) is 1.89. The van der Waals surface area contributed by atoms with Gasteiger partial charge in [-0.3, -0.25) is 0 Å². The molecular formula is C11H15Cl2N. The summed E-state index contributed by atoms with van der Waals surface area (Å²) in [5.41, 5.74) is 1.15. The number of rotatable bonds is 4. The minimum atomic E-state index is 0.480. The minimum absolute atomic E-state index is 0.480. The van der Waals surface area contributed by atoms with Crippen molar-refractivity contribution in [2.45, 2.75) is 25.8 Å². The second-order valence-corrected chi connectivity index (χ2v) is 4.18. The van der Waals surface area contributed by atoms with Crippen molar-refractivity contribution in [1.82, 2.24) is 5.32 Å². The van der Waals surface area contributed by atoms with Crippen LogP contribution in [0.3, 0.4) is 0 Å². The van der Waals surface area contributed by atoms with Crippen LogP contribution < -0.4 is 5.32 Å². The molecule has 0 saturated heterocycles. The molecule has 1 N–H and O–H groups in total. The van der Waals surface area contributed by atoms with Gasteiger partial charge in [-0.05, 0) is 37.6 Å². The van der Waals surface area contributed by atoms with Gasteiger partial charge in [-0.15, -0.1) is 0 Å². The largest absolute Gasteiger partial charge is 0.317 e. The van der Waals surface area contributed by atoms with Crippen LogP contribution in [0.15, 0.2) is 18.2 Å². The highest BCUT2D eigenvalue weighted by molar-refractivity contribution is 6.35. The van der Waals surface area contributed by atoms with Crippen molar-refractivity contribution in [2.75, 3.05) is 7.05 Å². The van der Waals surface area contributed by atoms with E-state index in [-0.39, 0.29) is 0 Å². The molecule has 14 heavy (non-hydrogen) atoms. The first-order valence-electron chi connectivity index (χ1n) is 4.78. The summed E-state index contributed by atoms with van der Waals surface area (Å²) in [5, 5.41) is 4.70. The smallest absolute Gasteiger partial charge is 0.0453 e. The van der Waals surface area contributed by atoms with Crippen molar-refractivity contribution in [3.8, 4) is 0 Å². The summed E-state index contributed by atoms with van der Waals surface area (Å²) in [7, 11) is 1.97. The molecule has 0 bridgehead atoms. The van der Waals surface area contributed by atoms with E-state index in [0.717, 1.165) is 23.4 Å². The zero-order valence-corrected chi connectivity index (χ0v) is 9.99. The zero-order chi connectivity index (χ0) is 10.6. The third-order valence-corrected chi connectivity index (χ3v) is 2.97. The van der Waals surface area contributed by atoms with E-state index in [4.69, 9.17) is 23.2 Å². The number of halogens is 2. The van der Waals surface area contributed by atoms with Gasteiger partial charge in [0.2, 0.25) is 0 Å². The fourth-order valence-electron chi connectivity index (χ4n) is 1.40. The van der Waals surface area contributed by atoms with Crippen molar-refractivity contribution in [2.24, 2.45) is 0 Å². The Labute approximate surface area is 95.4 Å². The summed E-state index contributed by atoms with van der Waals surface area (Å²) in [6, 6.07) is 6.14. The second-order valence-electron chi connectivity index (χ2n) is 3.33. The van der Waals surface area contributed by atoms with Crippen molar-refractivity contribution >= 4 is 23.2 Å². The maximum absolute atomic E-state index is 6.08. The van der Waals surface area contributed by atoms with Crippen LogP contribution in [0.5, 0.6) is 0 Å². The highest BCUT2D eigenvalue weighted by Gasteiger charge is 2.07. The molecule has 0 heterocycles. The normalized spacial score (nSPS) is 12.9. The van der Waals surface area contributed by atoms with Gasteiger partial charge in [-0.2, -0.15) is 0 Å². The third-order valence-electron chi connectivity index (χ3n) is 2.38. The molecule has 0 aromatic heterocycles. The Morgan fingerprint density at radius 2 is 2.07 bits per heavy atom. The van der Waals surface area contributed by atoms with Crippen molar-refractivity contribution in [3.05, 3.63) is 33.8 Å². The van der Waals surface area contributed by atoms with Crippen LogP contribution in [-0.2, 0) is 6.42 Å². The van der Waals surface area contributed by atoms with E-state index in [9.17, 15) is 0 Å². The molecule has 0 fully saturated rings. The molecule has 1 aromatic rings. The average molecular weight is 232 g/mol. The van der Waals surface area contributed by atoms with Gasteiger partial charge in [0.05, 0.1) is 0 Å². The molecule has 1 nitrogen and oxygen atoms in total. The molecule has 1 atom stereocenters. The molecule has 3 heteroatoms. The Balaban J connectivity index is 2.76. The van der Waals surface area contributed by atoms with E-state index in [1.54, 1.807) is 6.07 Å². The highest BCUT2D eigenvalue weighted by Crippen LogP contribution is 2.22. The van der Waals surface area contributed by atoms with Gasteiger partial charge >= 0.3 is 0 Å². The van der Waals surface area contributed by atoms with Crippen LogP contribution in [0.2, 0.25) is 10.0 Å². The molecule has 1 unspecified atom stereocenters. The Kier molecular flexibility index (Phi) is 4.73. The Morgan fingerprint density at radius 1 is 1.36 bits per heavy atom. The van der Waals surface area contributed by atoms with Crippen LogP contribution in [-0.4, -0.2) is 13.1 Å². The van der Waals surface area contributed by atoms with E-state index in [1.165, 1.54) is 0 Å². The van der Waals surface area contributed by atoms with E-state index < -0.39 is 0 Å². The molecule has 1 aromatic carbocycles. The molecule has 0 saturated carbocycles. The molecule has 0 aliphatic rings. The van der Waals surface area contributed by atoms with Gasteiger partial charge < -0.3 is 5.32 Å². The SMILES string of the molecule is CCC(Cc1ccc(Cl)cc1Cl)NC. The topological polar surface area (TPSA) is 12.0 Å².